The zero-order valence-corrected chi connectivity index (χ0v) is 14.3. The Kier molecular flexibility index (Phi) is 4.48. The van der Waals surface area contributed by atoms with E-state index in [-0.39, 0.29) is 6.04 Å². The summed E-state index contributed by atoms with van der Waals surface area (Å²) in [6.07, 6.45) is 3.21. The summed E-state index contributed by atoms with van der Waals surface area (Å²) in [6, 6.07) is 18.2. The molecule has 0 unspecified atom stereocenters. The van der Waals surface area contributed by atoms with E-state index in [0.29, 0.717) is 6.54 Å². The average Bonchev–Trinajstić information content (AvgIpc) is 3.39. The van der Waals surface area contributed by atoms with Gasteiger partial charge in [-0.1, -0.05) is 30.3 Å². The predicted octanol–water partition coefficient (Wildman–Crippen LogP) is 2.09. The zero-order chi connectivity index (χ0) is 17.8. The molecule has 8 heteroatoms. The van der Waals surface area contributed by atoms with Crippen molar-refractivity contribution in [3.63, 3.8) is 0 Å². The maximum absolute atomic E-state index is 4.17. The SMILES string of the molecule is C[C@@H](NCc1nnnn1-c1ccccc1)c1cccc(-n2cncn2)c1. The van der Waals surface area contributed by atoms with E-state index in [0.717, 1.165) is 22.8 Å². The summed E-state index contributed by atoms with van der Waals surface area (Å²) in [5, 5.41) is 19.7. The lowest BCUT2D eigenvalue weighted by Crippen LogP contribution is -2.21. The highest BCUT2D eigenvalue weighted by atomic mass is 15.5. The molecule has 0 fully saturated rings. The lowest BCUT2D eigenvalue weighted by Gasteiger charge is -2.15. The summed E-state index contributed by atoms with van der Waals surface area (Å²) in [7, 11) is 0. The van der Waals surface area contributed by atoms with Crippen LogP contribution >= 0.6 is 0 Å². The Hall–Kier alpha value is -3.39. The van der Waals surface area contributed by atoms with Crippen molar-refractivity contribution < 1.29 is 0 Å². The number of benzene rings is 2. The smallest absolute Gasteiger partial charge is 0.170 e. The number of rotatable bonds is 6. The number of hydrogen-bond acceptors (Lipinski definition) is 6. The van der Waals surface area contributed by atoms with E-state index < -0.39 is 0 Å². The van der Waals surface area contributed by atoms with Crippen LogP contribution in [0.5, 0.6) is 0 Å². The standard InChI is InChI=1S/C18H18N8/c1-14(15-6-5-9-17(10-15)25-13-19-12-21-25)20-11-18-22-23-24-26(18)16-7-3-2-4-8-16/h2-10,12-14,20H,11H2,1H3/t14-/m1/s1. The molecule has 8 nitrogen and oxygen atoms in total. The highest BCUT2D eigenvalue weighted by Crippen LogP contribution is 2.17. The van der Waals surface area contributed by atoms with Gasteiger partial charge >= 0.3 is 0 Å². The Balaban J connectivity index is 1.48. The van der Waals surface area contributed by atoms with E-state index in [4.69, 9.17) is 0 Å². The number of aromatic nitrogens is 7. The summed E-state index contributed by atoms with van der Waals surface area (Å²) < 4.78 is 3.48. The van der Waals surface area contributed by atoms with Gasteiger partial charge < -0.3 is 5.32 Å². The lowest BCUT2D eigenvalue weighted by molar-refractivity contribution is 0.550. The summed E-state index contributed by atoms with van der Waals surface area (Å²) in [5.74, 6) is 0.760. The monoisotopic (exact) mass is 346 g/mol. The van der Waals surface area contributed by atoms with Crippen LogP contribution in [0.25, 0.3) is 11.4 Å². The molecule has 4 rings (SSSR count). The molecule has 26 heavy (non-hydrogen) atoms. The Morgan fingerprint density at radius 3 is 2.69 bits per heavy atom. The minimum absolute atomic E-state index is 0.124. The Labute approximate surface area is 150 Å². The molecule has 0 aliphatic carbocycles. The second-order valence-corrected chi connectivity index (χ2v) is 5.88. The van der Waals surface area contributed by atoms with Crippen molar-refractivity contribution >= 4 is 0 Å². The molecule has 0 bridgehead atoms. The predicted molar refractivity (Wildman–Crippen MR) is 95.8 cm³/mol. The molecule has 130 valence electrons. The van der Waals surface area contributed by atoms with Crippen LogP contribution in [0.4, 0.5) is 0 Å². The number of tetrazole rings is 1. The summed E-state index contributed by atoms with van der Waals surface area (Å²) in [6.45, 7) is 2.66. The van der Waals surface area contributed by atoms with Crippen LogP contribution in [-0.4, -0.2) is 35.0 Å². The third-order valence-electron chi connectivity index (χ3n) is 4.15. The van der Waals surface area contributed by atoms with Crippen LogP contribution in [0.15, 0.2) is 67.3 Å². The highest BCUT2D eigenvalue weighted by molar-refractivity contribution is 5.36. The van der Waals surface area contributed by atoms with Gasteiger partial charge in [0.2, 0.25) is 0 Å². The van der Waals surface area contributed by atoms with Crippen LogP contribution in [-0.2, 0) is 6.54 Å². The van der Waals surface area contributed by atoms with Crippen molar-refractivity contribution in [3.05, 3.63) is 78.6 Å². The van der Waals surface area contributed by atoms with Gasteiger partial charge in [0.15, 0.2) is 5.82 Å². The van der Waals surface area contributed by atoms with E-state index >= 15 is 0 Å². The summed E-state index contributed by atoms with van der Waals surface area (Å²) >= 11 is 0. The molecule has 0 aliphatic rings. The molecule has 2 aromatic carbocycles. The molecule has 1 atom stereocenters. The van der Waals surface area contributed by atoms with Crippen molar-refractivity contribution in [2.75, 3.05) is 0 Å². The molecule has 0 amide bonds. The Morgan fingerprint density at radius 1 is 1.04 bits per heavy atom. The van der Waals surface area contributed by atoms with E-state index in [1.54, 1.807) is 15.7 Å². The maximum atomic E-state index is 4.17. The van der Waals surface area contributed by atoms with Crippen molar-refractivity contribution in [1.29, 1.82) is 0 Å². The van der Waals surface area contributed by atoms with Crippen molar-refractivity contribution in [3.8, 4) is 11.4 Å². The minimum Gasteiger partial charge on any atom is -0.303 e. The molecule has 0 saturated heterocycles. The normalized spacial score (nSPS) is 12.2. The molecule has 0 spiro atoms. The van der Waals surface area contributed by atoms with Gasteiger partial charge in [-0.15, -0.1) is 5.10 Å². The first-order valence-corrected chi connectivity index (χ1v) is 8.32. The second-order valence-electron chi connectivity index (χ2n) is 5.88. The molecular weight excluding hydrogens is 328 g/mol. The van der Waals surface area contributed by atoms with Crippen LogP contribution in [0.3, 0.4) is 0 Å². The molecule has 4 aromatic rings. The highest BCUT2D eigenvalue weighted by Gasteiger charge is 2.11. The van der Waals surface area contributed by atoms with Crippen molar-refractivity contribution in [1.82, 2.24) is 40.3 Å². The summed E-state index contributed by atoms with van der Waals surface area (Å²) in [5.41, 5.74) is 3.06. The van der Waals surface area contributed by atoms with Gasteiger partial charge in [0, 0.05) is 6.04 Å². The fourth-order valence-corrected chi connectivity index (χ4v) is 2.73. The number of nitrogens with zero attached hydrogens (tertiary/aromatic N) is 7. The second kappa shape index (κ2) is 7.24. The molecule has 1 N–H and O–H groups in total. The first-order valence-electron chi connectivity index (χ1n) is 8.32. The fourth-order valence-electron chi connectivity index (χ4n) is 2.73. The van der Waals surface area contributed by atoms with Crippen molar-refractivity contribution in [2.45, 2.75) is 19.5 Å². The topological polar surface area (TPSA) is 86.3 Å². The fraction of sp³-hybridized carbons (Fsp3) is 0.167. The molecule has 0 aliphatic heterocycles. The first-order chi connectivity index (χ1) is 12.8. The molecule has 0 radical (unpaired) electrons. The van der Waals surface area contributed by atoms with Gasteiger partial charge in [-0.2, -0.15) is 9.78 Å². The third kappa shape index (κ3) is 3.35. The van der Waals surface area contributed by atoms with Gasteiger partial charge in [0.1, 0.15) is 12.7 Å². The lowest BCUT2D eigenvalue weighted by atomic mass is 10.1. The quantitative estimate of drug-likeness (QED) is 0.575. The minimum atomic E-state index is 0.124. The van der Waals surface area contributed by atoms with Gasteiger partial charge in [0.25, 0.3) is 0 Å². The molecule has 2 aromatic heterocycles. The van der Waals surface area contributed by atoms with Gasteiger partial charge in [-0.25, -0.2) is 9.67 Å². The molecule has 0 saturated carbocycles. The van der Waals surface area contributed by atoms with E-state index in [2.05, 4.69) is 50.0 Å². The van der Waals surface area contributed by atoms with E-state index in [9.17, 15) is 0 Å². The zero-order valence-electron chi connectivity index (χ0n) is 14.3. The molecule has 2 heterocycles. The maximum Gasteiger partial charge on any atom is 0.170 e. The van der Waals surface area contributed by atoms with Crippen LogP contribution < -0.4 is 5.32 Å². The van der Waals surface area contributed by atoms with Gasteiger partial charge in [-0.05, 0) is 47.2 Å². The Morgan fingerprint density at radius 2 is 1.88 bits per heavy atom. The third-order valence-corrected chi connectivity index (χ3v) is 4.15. The largest absolute Gasteiger partial charge is 0.303 e. The van der Waals surface area contributed by atoms with E-state index in [1.807, 2.05) is 42.5 Å². The van der Waals surface area contributed by atoms with Gasteiger partial charge in [0.05, 0.1) is 17.9 Å². The van der Waals surface area contributed by atoms with Crippen LogP contribution in [0.2, 0.25) is 0 Å². The number of para-hydroxylation sites is 1. The molecular formula is C18H18N8. The van der Waals surface area contributed by atoms with Gasteiger partial charge in [-0.3, -0.25) is 0 Å². The number of hydrogen-bond donors (Lipinski definition) is 1. The first kappa shape index (κ1) is 16.1. The van der Waals surface area contributed by atoms with Crippen LogP contribution in [0.1, 0.15) is 24.4 Å². The Bertz CT molecular complexity index is 962. The average molecular weight is 346 g/mol. The summed E-state index contributed by atoms with van der Waals surface area (Å²) in [4.78, 5) is 3.99. The number of nitrogens with one attached hydrogen (secondary N) is 1. The van der Waals surface area contributed by atoms with E-state index in [1.165, 1.54) is 6.33 Å². The van der Waals surface area contributed by atoms with Crippen molar-refractivity contribution in [2.24, 2.45) is 0 Å². The van der Waals surface area contributed by atoms with Crippen LogP contribution in [0, 0.1) is 0 Å².